The highest BCUT2D eigenvalue weighted by Gasteiger charge is 2.26. The molecule has 146 valence electrons. The summed E-state index contributed by atoms with van der Waals surface area (Å²) in [7, 11) is 1.98. The smallest absolute Gasteiger partial charge is 0.227 e. The highest BCUT2D eigenvalue weighted by atomic mass is 32.1. The van der Waals surface area contributed by atoms with E-state index in [0.29, 0.717) is 12.5 Å². The number of rotatable bonds is 7. The van der Waals surface area contributed by atoms with Crippen molar-refractivity contribution in [2.75, 3.05) is 26.7 Å². The van der Waals surface area contributed by atoms with Gasteiger partial charge >= 0.3 is 0 Å². The Balaban J connectivity index is 1.47. The number of aryl methyl sites for hydroxylation is 3. The highest BCUT2D eigenvalue weighted by molar-refractivity contribution is 7.11. The number of carbonyl (C=O) groups excluding carboxylic acids is 1. The van der Waals surface area contributed by atoms with E-state index in [1.807, 2.05) is 25.8 Å². The van der Waals surface area contributed by atoms with Gasteiger partial charge < -0.3 is 9.80 Å². The minimum absolute atomic E-state index is 0.220. The van der Waals surface area contributed by atoms with Crippen LogP contribution in [0.3, 0.4) is 0 Å². The second-order valence-electron chi connectivity index (χ2n) is 7.61. The second-order valence-corrected chi connectivity index (χ2v) is 8.90. The molecule has 2 heterocycles. The van der Waals surface area contributed by atoms with Crippen molar-refractivity contribution in [1.29, 1.82) is 0 Å². The summed E-state index contributed by atoms with van der Waals surface area (Å²) in [5.41, 5.74) is 2.42. The van der Waals surface area contributed by atoms with Crippen LogP contribution in [-0.2, 0) is 17.6 Å². The fraction of sp³-hybridized carbons (Fsp3) is 0.545. The van der Waals surface area contributed by atoms with Crippen LogP contribution in [0.2, 0.25) is 0 Å². The molecular weight excluding hydrogens is 354 g/mol. The van der Waals surface area contributed by atoms with Gasteiger partial charge in [-0.1, -0.05) is 30.3 Å². The molecular formula is C22H31N3OS. The molecule has 1 atom stereocenters. The van der Waals surface area contributed by atoms with Crippen molar-refractivity contribution in [2.24, 2.45) is 0 Å². The molecule has 1 fully saturated rings. The number of aromatic nitrogens is 1. The van der Waals surface area contributed by atoms with E-state index in [-0.39, 0.29) is 5.91 Å². The molecule has 1 aliphatic rings. The highest BCUT2D eigenvalue weighted by Crippen LogP contribution is 2.21. The summed E-state index contributed by atoms with van der Waals surface area (Å²) in [4.78, 5) is 22.8. The van der Waals surface area contributed by atoms with Crippen molar-refractivity contribution < 1.29 is 4.79 Å². The molecule has 0 aliphatic carbocycles. The van der Waals surface area contributed by atoms with Gasteiger partial charge in [0.1, 0.15) is 0 Å². The molecule has 1 amide bonds. The summed E-state index contributed by atoms with van der Waals surface area (Å²) in [6.07, 6.45) is 5.07. The number of carbonyl (C=O) groups is 1. The lowest BCUT2D eigenvalue weighted by atomic mass is 10.0. The molecule has 2 aromatic rings. The zero-order valence-electron chi connectivity index (χ0n) is 16.8. The number of likely N-dealkylation sites (N-methyl/N-ethyl adjacent to an activating group) is 1. The summed E-state index contributed by atoms with van der Waals surface area (Å²) in [5, 5.41) is 1.04. The third-order valence-electron chi connectivity index (χ3n) is 5.52. The maximum Gasteiger partial charge on any atom is 0.227 e. The standard InChI is InChI=1S/C22H31N3OS/c1-17-21(27-18(2)23-17)15-22(26)24(3)20-12-8-14-25(16-20)13-7-11-19-9-5-4-6-10-19/h4-6,9-10,20H,7-8,11-16H2,1-3H3/t20-/m0/s1. The number of hydrogen-bond acceptors (Lipinski definition) is 4. The number of hydrogen-bond donors (Lipinski definition) is 0. The molecule has 1 aromatic carbocycles. The van der Waals surface area contributed by atoms with Gasteiger partial charge in [0.05, 0.1) is 17.1 Å². The van der Waals surface area contributed by atoms with Gasteiger partial charge in [0.2, 0.25) is 5.91 Å². The van der Waals surface area contributed by atoms with E-state index in [9.17, 15) is 4.79 Å². The van der Waals surface area contributed by atoms with Gasteiger partial charge in [0.15, 0.2) is 0 Å². The lowest BCUT2D eigenvalue weighted by Gasteiger charge is -2.37. The molecule has 0 spiro atoms. The molecule has 3 rings (SSSR count). The van der Waals surface area contributed by atoms with E-state index >= 15 is 0 Å². The Morgan fingerprint density at radius 3 is 2.78 bits per heavy atom. The zero-order valence-corrected chi connectivity index (χ0v) is 17.6. The molecule has 0 radical (unpaired) electrons. The van der Waals surface area contributed by atoms with Crippen molar-refractivity contribution in [1.82, 2.24) is 14.8 Å². The van der Waals surface area contributed by atoms with E-state index in [1.54, 1.807) is 11.3 Å². The van der Waals surface area contributed by atoms with E-state index in [4.69, 9.17) is 0 Å². The van der Waals surface area contributed by atoms with Gasteiger partial charge in [-0.15, -0.1) is 11.3 Å². The van der Waals surface area contributed by atoms with Gasteiger partial charge in [-0.3, -0.25) is 4.79 Å². The summed E-state index contributed by atoms with van der Waals surface area (Å²) in [6, 6.07) is 11.0. The average molecular weight is 386 g/mol. The molecule has 0 bridgehead atoms. The van der Waals surface area contributed by atoms with E-state index in [2.05, 4.69) is 40.2 Å². The Hall–Kier alpha value is -1.72. The Kier molecular flexibility index (Phi) is 7.02. The molecule has 5 heteroatoms. The van der Waals surface area contributed by atoms with Crippen molar-refractivity contribution in [3.63, 3.8) is 0 Å². The fourth-order valence-electron chi connectivity index (χ4n) is 3.90. The number of piperidine rings is 1. The van der Waals surface area contributed by atoms with Crippen LogP contribution in [0.25, 0.3) is 0 Å². The minimum Gasteiger partial charge on any atom is -0.341 e. The molecule has 0 N–H and O–H groups in total. The van der Waals surface area contributed by atoms with Crippen LogP contribution in [0.4, 0.5) is 0 Å². The number of likely N-dealkylation sites (tertiary alicyclic amines) is 1. The average Bonchev–Trinajstić information content (AvgIpc) is 2.99. The van der Waals surface area contributed by atoms with Gasteiger partial charge in [0, 0.05) is 24.5 Å². The monoisotopic (exact) mass is 385 g/mol. The van der Waals surface area contributed by atoms with Crippen molar-refractivity contribution in [2.45, 2.75) is 52.0 Å². The van der Waals surface area contributed by atoms with E-state index in [1.165, 1.54) is 18.4 Å². The van der Waals surface area contributed by atoms with Crippen LogP contribution in [-0.4, -0.2) is 53.4 Å². The molecule has 0 unspecified atom stereocenters. The fourth-order valence-corrected chi connectivity index (χ4v) is 4.83. The third kappa shape index (κ3) is 5.63. The Morgan fingerprint density at radius 2 is 2.07 bits per heavy atom. The summed E-state index contributed by atoms with van der Waals surface area (Å²) >= 11 is 1.65. The second kappa shape index (κ2) is 9.47. The van der Waals surface area contributed by atoms with E-state index < -0.39 is 0 Å². The quantitative estimate of drug-likeness (QED) is 0.726. The molecule has 1 aromatic heterocycles. The van der Waals surface area contributed by atoms with Crippen LogP contribution in [0.15, 0.2) is 30.3 Å². The first-order valence-electron chi connectivity index (χ1n) is 9.98. The lowest BCUT2D eigenvalue weighted by molar-refractivity contribution is -0.132. The third-order valence-corrected chi connectivity index (χ3v) is 6.59. The Bertz CT molecular complexity index is 743. The van der Waals surface area contributed by atoms with Gasteiger partial charge in [-0.05, 0) is 58.2 Å². The molecule has 0 saturated carbocycles. The van der Waals surface area contributed by atoms with Crippen LogP contribution in [0, 0.1) is 13.8 Å². The van der Waals surface area contributed by atoms with Crippen LogP contribution >= 0.6 is 11.3 Å². The minimum atomic E-state index is 0.220. The van der Waals surface area contributed by atoms with Gasteiger partial charge in [-0.25, -0.2) is 4.98 Å². The molecule has 1 saturated heterocycles. The maximum atomic E-state index is 12.8. The summed E-state index contributed by atoms with van der Waals surface area (Å²) in [6.45, 7) is 7.27. The number of benzene rings is 1. The lowest BCUT2D eigenvalue weighted by Crippen LogP contribution is -2.49. The first kappa shape index (κ1) is 20.0. The van der Waals surface area contributed by atoms with Gasteiger partial charge in [-0.2, -0.15) is 0 Å². The van der Waals surface area contributed by atoms with Gasteiger partial charge in [0.25, 0.3) is 0 Å². The molecule has 27 heavy (non-hydrogen) atoms. The van der Waals surface area contributed by atoms with E-state index in [0.717, 1.165) is 48.1 Å². The topological polar surface area (TPSA) is 36.4 Å². The predicted molar refractivity (Wildman–Crippen MR) is 112 cm³/mol. The largest absolute Gasteiger partial charge is 0.341 e. The van der Waals surface area contributed by atoms with Crippen LogP contribution < -0.4 is 0 Å². The summed E-state index contributed by atoms with van der Waals surface area (Å²) < 4.78 is 0. The zero-order chi connectivity index (χ0) is 19.2. The normalized spacial score (nSPS) is 17.8. The molecule has 1 aliphatic heterocycles. The maximum absolute atomic E-state index is 12.8. The summed E-state index contributed by atoms with van der Waals surface area (Å²) in [5.74, 6) is 0.220. The Morgan fingerprint density at radius 1 is 1.30 bits per heavy atom. The van der Waals surface area contributed by atoms with Crippen molar-refractivity contribution in [3.05, 3.63) is 51.5 Å². The first-order valence-corrected chi connectivity index (χ1v) is 10.8. The SMILES string of the molecule is Cc1nc(C)c(CC(=O)N(C)[C@H]2CCCN(CCCc3ccccc3)C2)s1. The van der Waals surface area contributed by atoms with Crippen molar-refractivity contribution in [3.8, 4) is 0 Å². The number of amides is 1. The first-order chi connectivity index (χ1) is 13.0. The number of nitrogens with zero attached hydrogens (tertiary/aromatic N) is 3. The predicted octanol–water partition coefficient (Wildman–Crippen LogP) is 3.86. The Labute approximate surface area is 167 Å². The van der Waals surface area contributed by atoms with Crippen LogP contribution in [0.1, 0.15) is 40.4 Å². The molecule has 4 nitrogen and oxygen atoms in total. The van der Waals surface area contributed by atoms with Crippen LogP contribution in [0.5, 0.6) is 0 Å². The van der Waals surface area contributed by atoms with Crippen molar-refractivity contribution >= 4 is 17.2 Å². The number of thiazole rings is 1.